The Labute approximate surface area is 168 Å². The molecule has 0 fully saturated rings. The van der Waals surface area contributed by atoms with Crippen molar-refractivity contribution in [2.75, 3.05) is 27.6 Å². The smallest absolute Gasteiger partial charge is 0.493 e. The Morgan fingerprint density at radius 3 is 2.66 bits per heavy atom. The van der Waals surface area contributed by atoms with Gasteiger partial charge in [-0.1, -0.05) is 12.1 Å². The van der Waals surface area contributed by atoms with E-state index in [0.29, 0.717) is 39.7 Å². The third-order valence-corrected chi connectivity index (χ3v) is 4.38. The molecule has 1 unspecified atom stereocenters. The van der Waals surface area contributed by atoms with Crippen molar-refractivity contribution in [1.29, 1.82) is 5.26 Å². The molecule has 3 rings (SSSR count). The summed E-state index contributed by atoms with van der Waals surface area (Å²) in [6, 6.07) is 10.8. The molecule has 8 heteroatoms. The van der Waals surface area contributed by atoms with Gasteiger partial charge in [0.1, 0.15) is 0 Å². The first-order valence-electron chi connectivity index (χ1n) is 8.96. The minimum absolute atomic E-state index is 0.0862. The summed E-state index contributed by atoms with van der Waals surface area (Å²) in [5.41, 5.74) is 1.74. The average Bonchev–Trinajstić information content (AvgIpc) is 3.20. The fraction of sp³-hybridized carbons (Fsp3) is 0.333. The molecular weight excluding hydrogens is 378 g/mol. The maximum Gasteiger partial charge on any atom is 0.509 e. The van der Waals surface area contributed by atoms with Gasteiger partial charge in [-0.25, -0.2) is 4.79 Å². The second kappa shape index (κ2) is 9.06. The van der Waals surface area contributed by atoms with E-state index in [-0.39, 0.29) is 19.8 Å². The van der Waals surface area contributed by atoms with Crippen molar-refractivity contribution in [3.63, 3.8) is 0 Å². The van der Waals surface area contributed by atoms with E-state index in [4.69, 9.17) is 28.4 Å². The number of carbonyl (C=O) groups is 1. The third kappa shape index (κ3) is 4.14. The van der Waals surface area contributed by atoms with Crippen LogP contribution < -0.4 is 18.9 Å². The van der Waals surface area contributed by atoms with Crippen LogP contribution in [0.2, 0.25) is 0 Å². The van der Waals surface area contributed by atoms with Crippen molar-refractivity contribution in [3.05, 3.63) is 47.0 Å². The van der Waals surface area contributed by atoms with Crippen LogP contribution in [0.1, 0.15) is 29.7 Å². The maximum atomic E-state index is 12.2. The molecule has 0 amide bonds. The van der Waals surface area contributed by atoms with Crippen LogP contribution in [0.25, 0.3) is 0 Å². The zero-order chi connectivity index (χ0) is 20.8. The molecule has 1 atom stereocenters. The van der Waals surface area contributed by atoms with Crippen LogP contribution in [0.4, 0.5) is 4.79 Å². The van der Waals surface area contributed by atoms with Crippen molar-refractivity contribution in [2.24, 2.45) is 0 Å². The number of rotatable bonds is 7. The SMILES string of the molecule is CCOC(=O)OC(c1ccc2c(c1)OCO2)c1c(CC#N)ccc(OC)c1OC. The third-order valence-electron chi connectivity index (χ3n) is 4.38. The van der Waals surface area contributed by atoms with Crippen molar-refractivity contribution in [1.82, 2.24) is 0 Å². The Morgan fingerprint density at radius 1 is 1.17 bits per heavy atom. The van der Waals surface area contributed by atoms with E-state index in [1.165, 1.54) is 14.2 Å². The van der Waals surface area contributed by atoms with Crippen molar-refractivity contribution >= 4 is 6.16 Å². The van der Waals surface area contributed by atoms with E-state index in [2.05, 4.69) is 6.07 Å². The topological polar surface area (TPSA) is 96.2 Å². The predicted molar refractivity (Wildman–Crippen MR) is 101 cm³/mol. The van der Waals surface area contributed by atoms with E-state index in [1.54, 1.807) is 37.3 Å². The molecule has 1 aliphatic heterocycles. The Morgan fingerprint density at radius 2 is 1.97 bits per heavy atom. The standard InChI is InChI=1S/C21H21NO7/c1-4-26-21(23)29-19(14-6-7-15-17(11-14)28-12-27-15)18-13(9-10-22)5-8-16(24-2)20(18)25-3/h5-8,11,19H,4,9,12H2,1-3H3. The molecule has 0 spiro atoms. The maximum absolute atomic E-state index is 12.2. The number of hydrogen-bond donors (Lipinski definition) is 0. The molecule has 0 saturated heterocycles. The summed E-state index contributed by atoms with van der Waals surface area (Å²) in [4.78, 5) is 12.2. The van der Waals surface area contributed by atoms with E-state index < -0.39 is 12.3 Å². The van der Waals surface area contributed by atoms with Gasteiger partial charge < -0.3 is 28.4 Å². The van der Waals surface area contributed by atoms with Crippen LogP contribution in [0.3, 0.4) is 0 Å². The molecule has 29 heavy (non-hydrogen) atoms. The number of carbonyl (C=O) groups excluding carboxylic acids is 1. The minimum atomic E-state index is -0.919. The number of fused-ring (bicyclic) bond motifs is 1. The van der Waals surface area contributed by atoms with E-state index in [0.717, 1.165) is 0 Å². The lowest BCUT2D eigenvalue weighted by Gasteiger charge is -2.24. The first-order valence-corrected chi connectivity index (χ1v) is 8.96. The number of methoxy groups -OCH3 is 2. The number of hydrogen-bond acceptors (Lipinski definition) is 8. The molecule has 2 aromatic carbocycles. The van der Waals surface area contributed by atoms with Crippen LogP contribution in [0.15, 0.2) is 30.3 Å². The zero-order valence-electron chi connectivity index (χ0n) is 16.4. The Bertz CT molecular complexity index is 935. The predicted octanol–water partition coefficient (Wildman–Crippen LogP) is 3.76. The molecule has 152 valence electrons. The summed E-state index contributed by atoms with van der Waals surface area (Å²) in [7, 11) is 2.99. The highest BCUT2D eigenvalue weighted by molar-refractivity contribution is 5.63. The Hall–Kier alpha value is -3.60. The van der Waals surface area contributed by atoms with Crippen molar-refractivity contribution < 1.29 is 33.2 Å². The highest BCUT2D eigenvalue weighted by Gasteiger charge is 2.30. The van der Waals surface area contributed by atoms with E-state index in [9.17, 15) is 10.1 Å². The van der Waals surface area contributed by atoms with E-state index in [1.807, 2.05) is 0 Å². The average molecular weight is 399 g/mol. The number of nitriles is 1. The van der Waals surface area contributed by atoms with E-state index >= 15 is 0 Å². The number of ether oxygens (including phenoxy) is 6. The fourth-order valence-electron chi connectivity index (χ4n) is 3.14. The van der Waals surface area contributed by atoms with Crippen molar-refractivity contribution in [2.45, 2.75) is 19.4 Å². The van der Waals surface area contributed by atoms with Gasteiger partial charge in [-0.3, -0.25) is 0 Å². The summed E-state index contributed by atoms with van der Waals surface area (Å²) >= 11 is 0. The second-order valence-corrected chi connectivity index (χ2v) is 6.00. The molecule has 0 N–H and O–H groups in total. The van der Waals surface area contributed by atoms with Gasteiger partial charge in [-0.05, 0) is 30.7 Å². The van der Waals surface area contributed by atoms with Crippen LogP contribution in [-0.2, 0) is 15.9 Å². The lowest BCUT2D eigenvalue weighted by molar-refractivity contribution is 0.0369. The van der Waals surface area contributed by atoms with Gasteiger partial charge in [0, 0.05) is 11.1 Å². The summed E-state index contributed by atoms with van der Waals surface area (Å²) in [6.45, 7) is 1.96. The lowest BCUT2D eigenvalue weighted by Crippen LogP contribution is -2.17. The monoisotopic (exact) mass is 399 g/mol. The van der Waals surface area contributed by atoms with Gasteiger partial charge in [-0.2, -0.15) is 5.26 Å². The summed E-state index contributed by atoms with van der Waals surface area (Å²) in [5, 5.41) is 9.29. The lowest BCUT2D eigenvalue weighted by atomic mass is 9.93. The summed E-state index contributed by atoms with van der Waals surface area (Å²) < 4.78 is 32.4. The van der Waals surface area contributed by atoms with Gasteiger partial charge in [0.15, 0.2) is 29.1 Å². The minimum Gasteiger partial charge on any atom is -0.493 e. The molecule has 1 heterocycles. The quantitative estimate of drug-likeness (QED) is 0.650. The molecule has 0 radical (unpaired) electrons. The normalized spacial score (nSPS) is 12.6. The van der Waals surface area contributed by atoms with Gasteiger partial charge in [0.25, 0.3) is 0 Å². The van der Waals surface area contributed by atoms with Crippen LogP contribution in [-0.4, -0.2) is 33.8 Å². The van der Waals surface area contributed by atoms with Gasteiger partial charge in [-0.15, -0.1) is 0 Å². The van der Waals surface area contributed by atoms with Gasteiger partial charge in [0.05, 0.1) is 33.3 Å². The fourth-order valence-corrected chi connectivity index (χ4v) is 3.14. The second-order valence-electron chi connectivity index (χ2n) is 6.00. The summed E-state index contributed by atoms with van der Waals surface area (Å²) in [6.07, 6.45) is -1.68. The molecule has 2 aromatic rings. The van der Waals surface area contributed by atoms with Gasteiger partial charge >= 0.3 is 6.16 Å². The molecule has 0 saturated carbocycles. The Kier molecular flexibility index (Phi) is 6.29. The first kappa shape index (κ1) is 20.1. The highest BCUT2D eigenvalue weighted by Crippen LogP contribution is 2.44. The van der Waals surface area contributed by atoms with Gasteiger partial charge in [0.2, 0.25) is 6.79 Å². The summed E-state index contributed by atoms with van der Waals surface area (Å²) in [5.74, 6) is 1.94. The molecule has 1 aliphatic rings. The van der Waals surface area contributed by atoms with Crippen LogP contribution in [0.5, 0.6) is 23.0 Å². The number of benzene rings is 2. The molecule has 0 bridgehead atoms. The largest absolute Gasteiger partial charge is 0.509 e. The molecule has 0 aromatic heterocycles. The first-order chi connectivity index (χ1) is 14.1. The molecule has 0 aliphatic carbocycles. The van der Waals surface area contributed by atoms with Crippen LogP contribution >= 0.6 is 0 Å². The molecule has 8 nitrogen and oxygen atoms in total. The number of nitrogens with zero attached hydrogens (tertiary/aromatic N) is 1. The molecular formula is C21H21NO7. The van der Waals surface area contributed by atoms with Crippen LogP contribution in [0, 0.1) is 11.3 Å². The Balaban J connectivity index is 2.18. The zero-order valence-corrected chi connectivity index (χ0v) is 16.4. The highest BCUT2D eigenvalue weighted by atomic mass is 16.7. The van der Waals surface area contributed by atoms with Crippen molar-refractivity contribution in [3.8, 4) is 29.1 Å².